The molecule has 0 fully saturated rings. The maximum Gasteiger partial charge on any atom is 0.274 e. The average molecular weight is 378 g/mol. The van der Waals surface area contributed by atoms with Crippen molar-refractivity contribution < 1.29 is 14.3 Å². The minimum absolute atomic E-state index is 0.266. The first-order valence-electron chi connectivity index (χ1n) is 8.87. The summed E-state index contributed by atoms with van der Waals surface area (Å²) in [7, 11) is 1.62. The monoisotopic (exact) mass is 378 g/mol. The SMILES string of the molecule is COCCNc1nc(C)cc(C(=O)Nc2ccccc2Oc2ccccc2)n1. The number of hydrogen-bond donors (Lipinski definition) is 2. The van der Waals surface area contributed by atoms with Gasteiger partial charge in [-0.2, -0.15) is 0 Å². The standard InChI is InChI=1S/C21H22N4O3/c1-15-14-18(25-21(23-15)22-12-13-27-2)20(26)24-17-10-6-7-11-19(17)28-16-8-4-3-5-9-16/h3-11,14H,12-13H2,1-2H3,(H,24,26)(H,22,23,25). The number of methoxy groups -OCH3 is 1. The van der Waals surface area contributed by atoms with Crippen LogP contribution < -0.4 is 15.4 Å². The third kappa shape index (κ3) is 5.28. The van der Waals surface area contributed by atoms with Crippen molar-refractivity contribution in [1.82, 2.24) is 9.97 Å². The lowest BCUT2D eigenvalue weighted by Crippen LogP contribution is -2.17. The molecule has 0 saturated heterocycles. The Morgan fingerprint density at radius 1 is 1.04 bits per heavy atom. The van der Waals surface area contributed by atoms with E-state index in [1.165, 1.54) is 0 Å². The van der Waals surface area contributed by atoms with E-state index in [0.29, 0.717) is 42.0 Å². The molecular weight excluding hydrogens is 356 g/mol. The second-order valence-electron chi connectivity index (χ2n) is 6.00. The van der Waals surface area contributed by atoms with E-state index in [1.807, 2.05) is 49.4 Å². The van der Waals surface area contributed by atoms with Gasteiger partial charge in [0.25, 0.3) is 5.91 Å². The van der Waals surface area contributed by atoms with Crippen LogP contribution in [0.2, 0.25) is 0 Å². The Hall–Kier alpha value is -3.45. The minimum atomic E-state index is -0.343. The molecule has 1 heterocycles. The number of rotatable bonds is 8. The first-order chi connectivity index (χ1) is 13.7. The Kier molecular flexibility index (Phi) is 6.54. The van der Waals surface area contributed by atoms with E-state index >= 15 is 0 Å². The summed E-state index contributed by atoms with van der Waals surface area (Å²) in [6.07, 6.45) is 0. The van der Waals surface area contributed by atoms with Gasteiger partial charge in [-0.3, -0.25) is 4.79 Å². The van der Waals surface area contributed by atoms with Gasteiger partial charge in [-0.1, -0.05) is 30.3 Å². The van der Waals surface area contributed by atoms with Crippen LogP contribution in [-0.2, 0) is 4.74 Å². The normalized spacial score (nSPS) is 10.4. The van der Waals surface area contributed by atoms with E-state index < -0.39 is 0 Å². The van der Waals surface area contributed by atoms with E-state index in [2.05, 4.69) is 20.6 Å². The number of hydrogen-bond acceptors (Lipinski definition) is 6. The van der Waals surface area contributed by atoms with Crippen LogP contribution in [0.3, 0.4) is 0 Å². The molecule has 3 rings (SSSR count). The summed E-state index contributed by atoms with van der Waals surface area (Å²) in [5.74, 6) is 1.28. The van der Waals surface area contributed by atoms with Gasteiger partial charge in [-0.15, -0.1) is 0 Å². The van der Waals surface area contributed by atoms with Crippen molar-refractivity contribution in [2.75, 3.05) is 30.9 Å². The summed E-state index contributed by atoms with van der Waals surface area (Å²) >= 11 is 0. The molecule has 2 N–H and O–H groups in total. The van der Waals surface area contributed by atoms with Crippen LogP contribution in [0.25, 0.3) is 0 Å². The zero-order chi connectivity index (χ0) is 19.8. The van der Waals surface area contributed by atoms with Crippen molar-refractivity contribution in [2.45, 2.75) is 6.92 Å². The Morgan fingerprint density at radius 3 is 2.57 bits per heavy atom. The van der Waals surface area contributed by atoms with Gasteiger partial charge in [0.2, 0.25) is 5.95 Å². The molecule has 0 aliphatic heterocycles. The van der Waals surface area contributed by atoms with Crippen molar-refractivity contribution in [3.05, 3.63) is 72.1 Å². The molecule has 3 aromatic rings. The molecule has 0 saturated carbocycles. The Labute approximate surface area is 163 Å². The van der Waals surface area contributed by atoms with Crippen molar-refractivity contribution in [3.63, 3.8) is 0 Å². The van der Waals surface area contributed by atoms with Crippen LogP contribution in [0.4, 0.5) is 11.6 Å². The molecule has 0 radical (unpaired) electrons. The Balaban J connectivity index is 1.76. The van der Waals surface area contributed by atoms with E-state index in [0.717, 1.165) is 0 Å². The second-order valence-corrected chi connectivity index (χ2v) is 6.00. The maximum atomic E-state index is 12.7. The molecule has 0 spiro atoms. The quantitative estimate of drug-likeness (QED) is 0.579. The van der Waals surface area contributed by atoms with Gasteiger partial charge < -0.3 is 20.1 Å². The molecule has 28 heavy (non-hydrogen) atoms. The van der Waals surface area contributed by atoms with Gasteiger partial charge in [-0.05, 0) is 37.3 Å². The number of anilines is 2. The number of benzene rings is 2. The predicted molar refractivity (Wildman–Crippen MR) is 108 cm³/mol. The number of aryl methyl sites for hydroxylation is 1. The van der Waals surface area contributed by atoms with E-state index in [-0.39, 0.29) is 11.6 Å². The third-order valence-electron chi connectivity index (χ3n) is 3.78. The highest BCUT2D eigenvalue weighted by Crippen LogP contribution is 2.29. The van der Waals surface area contributed by atoms with E-state index in [9.17, 15) is 4.79 Å². The van der Waals surface area contributed by atoms with Crippen molar-refractivity contribution in [2.24, 2.45) is 0 Å². The fraction of sp³-hybridized carbons (Fsp3) is 0.190. The number of aromatic nitrogens is 2. The number of carbonyl (C=O) groups excluding carboxylic acids is 1. The molecular formula is C21H22N4O3. The van der Waals surface area contributed by atoms with E-state index in [4.69, 9.17) is 9.47 Å². The zero-order valence-corrected chi connectivity index (χ0v) is 15.8. The lowest BCUT2D eigenvalue weighted by atomic mass is 10.2. The molecule has 0 aliphatic rings. The lowest BCUT2D eigenvalue weighted by molar-refractivity contribution is 0.102. The van der Waals surface area contributed by atoms with Crippen molar-refractivity contribution in [3.8, 4) is 11.5 Å². The number of carbonyl (C=O) groups is 1. The fourth-order valence-corrected chi connectivity index (χ4v) is 2.49. The predicted octanol–water partition coefficient (Wildman–Crippen LogP) is 3.89. The van der Waals surface area contributed by atoms with Crippen molar-refractivity contribution in [1.29, 1.82) is 0 Å². The zero-order valence-electron chi connectivity index (χ0n) is 15.8. The maximum absolute atomic E-state index is 12.7. The van der Waals surface area contributed by atoms with Crippen molar-refractivity contribution >= 4 is 17.5 Å². The molecule has 1 amide bonds. The molecule has 144 valence electrons. The summed E-state index contributed by atoms with van der Waals surface area (Å²) in [6.45, 7) is 2.88. The summed E-state index contributed by atoms with van der Waals surface area (Å²) < 4.78 is 10.9. The van der Waals surface area contributed by atoms with E-state index in [1.54, 1.807) is 25.3 Å². The first kappa shape index (κ1) is 19.3. The Bertz CT molecular complexity index is 932. The van der Waals surface area contributed by atoms with Crippen LogP contribution in [0.15, 0.2) is 60.7 Å². The third-order valence-corrected chi connectivity index (χ3v) is 3.78. The summed E-state index contributed by atoms with van der Waals surface area (Å²) in [4.78, 5) is 21.3. The lowest BCUT2D eigenvalue weighted by Gasteiger charge is -2.12. The number of nitrogens with zero attached hydrogens (tertiary/aromatic N) is 2. The number of para-hydroxylation sites is 3. The highest BCUT2D eigenvalue weighted by molar-refractivity contribution is 6.03. The number of ether oxygens (including phenoxy) is 2. The first-order valence-corrected chi connectivity index (χ1v) is 8.87. The number of amides is 1. The summed E-state index contributed by atoms with van der Waals surface area (Å²) in [5.41, 5.74) is 1.51. The molecule has 7 heteroatoms. The van der Waals surface area contributed by atoms with Gasteiger partial charge in [0.05, 0.1) is 12.3 Å². The second kappa shape index (κ2) is 9.48. The topological polar surface area (TPSA) is 85.4 Å². The molecule has 7 nitrogen and oxygen atoms in total. The Morgan fingerprint density at radius 2 is 1.79 bits per heavy atom. The molecule has 0 bridgehead atoms. The van der Waals surface area contributed by atoms with Gasteiger partial charge in [0, 0.05) is 19.3 Å². The van der Waals surface area contributed by atoms with Crippen LogP contribution in [0.5, 0.6) is 11.5 Å². The minimum Gasteiger partial charge on any atom is -0.455 e. The number of nitrogens with one attached hydrogen (secondary N) is 2. The molecule has 0 unspecified atom stereocenters. The highest BCUT2D eigenvalue weighted by Gasteiger charge is 2.13. The largest absolute Gasteiger partial charge is 0.455 e. The summed E-state index contributed by atoms with van der Waals surface area (Å²) in [6, 6.07) is 18.3. The van der Waals surface area contributed by atoms with Crippen LogP contribution >= 0.6 is 0 Å². The molecule has 2 aromatic carbocycles. The van der Waals surface area contributed by atoms with Crippen LogP contribution in [0, 0.1) is 6.92 Å². The molecule has 0 aliphatic carbocycles. The van der Waals surface area contributed by atoms with Gasteiger partial charge in [0.1, 0.15) is 11.4 Å². The van der Waals surface area contributed by atoms with Crippen LogP contribution in [-0.4, -0.2) is 36.1 Å². The highest BCUT2D eigenvalue weighted by atomic mass is 16.5. The molecule has 0 atom stereocenters. The molecule has 1 aromatic heterocycles. The van der Waals surface area contributed by atoms with Crippen LogP contribution in [0.1, 0.15) is 16.2 Å². The summed E-state index contributed by atoms with van der Waals surface area (Å²) in [5, 5.41) is 5.90. The van der Waals surface area contributed by atoms with Gasteiger partial charge in [-0.25, -0.2) is 9.97 Å². The smallest absolute Gasteiger partial charge is 0.274 e. The average Bonchev–Trinajstić information content (AvgIpc) is 2.70. The van der Waals surface area contributed by atoms with Gasteiger partial charge >= 0.3 is 0 Å². The fourth-order valence-electron chi connectivity index (χ4n) is 2.49. The van der Waals surface area contributed by atoms with Gasteiger partial charge in [0.15, 0.2) is 5.75 Å².